The highest BCUT2D eigenvalue weighted by atomic mass is 32.2. The second-order valence-electron chi connectivity index (χ2n) is 8.62. The summed E-state index contributed by atoms with van der Waals surface area (Å²) in [5, 5.41) is 9.51. The number of hydrogen-bond donors (Lipinski definition) is 0. The van der Waals surface area contributed by atoms with Gasteiger partial charge in [0.1, 0.15) is 11.4 Å². The van der Waals surface area contributed by atoms with Crippen molar-refractivity contribution in [3.05, 3.63) is 102 Å². The molecule has 1 aliphatic heterocycles. The van der Waals surface area contributed by atoms with E-state index in [9.17, 15) is 8.42 Å². The van der Waals surface area contributed by atoms with Gasteiger partial charge in [-0.2, -0.15) is 14.6 Å². The van der Waals surface area contributed by atoms with Crippen LogP contribution >= 0.6 is 0 Å². The summed E-state index contributed by atoms with van der Waals surface area (Å²) in [4.78, 5) is 0. The van der Waals surface area contributed by atoms with Gasteiger partial charge in [-0.25, -0.2) is 13.1 Å². The smallest absolute Gasteiger partial charge is 0.247 e. The van der Waals surface area contributed by atoms with Crippen molar-refractivity contribution in [2.45, 2.75) is 19.4 Å². The SMILES string of the molecule is COc1cccc([C@@H]2CC(c3cn(-c4ccccc4)nc3-c3ccc(C)cc3)=NN2S(C)(=O)=O)c1. The molecular formula is C27H26N4O3S. The molecule has 0 amide bonds. The van der Waals surface area contributed by atoms with Crippen molar-refractivity contribution < 1.29 is 13.2 Å². The van der Waals surface area contributed by atoms with Crippen LogP contribution in [0, 0.1) is 6.92 Å². The maximum atomic E-state index is 12.7. The van der Waals surface area contributed by atoms with E-state index in [-0.39, 0.29) is 0 Å². The van der Waals surface area contributed by atoms with Gasteiger partial charge in [0.15, 0.2) is 0 Å². The van der Waals surface area contributed by atoms with Crippen molar-refractivity contribution >= 4 is 15.7 Å². The molecule has 1 aliphatic rings. The van der Waals surface area contributed by atoms with Crippen LogP contribution in [0.2, 0.25) is 0 Å². The summed E-state index contributed by atoms with van der Waals surface area (Å²) in [6.45, 7) is 2.04. The molecule has 0 aliphatic carbocycles. The zero-order chi connectivity index (χ0) is 24.6. The predicted octanol–water partition coefficient (Wildman–Crippen LogP) is 4.97. The molecule has 0 saturated heterocycles. The lowest BCUT2D eigenvalue weighted by molar-refractivity contribution is 0.371. The van der Waals surface area contributed by atoms with Crippen LogP contribution in [0.3, 0.4) is 0 Å². The van der Waals surface area contributed by atoms with Gasteiger partial charge in [0.25, 0.3) is 0 Å². The maximum Gasteiger partial charge on any atom is 0.247 e. The summed E-state index contributed by atoms with van der Waals surface area (Å²) in [6.07, 6.45) is 3.53. The number of aromatic nitrogens is 2. The highest BCUT2D eigenvalue weighted by molar-refractivity contribution is 7.88. The van der Waals surface area contributed by atoms with Crippen molar-refractivity contribution in [3.8, 4) is 22.7 Å². The molecule has 2 heterocycles. The van der Waals surface area contributed by atoms with Crippen molar-refractivity contribution in [3.63, 3.8) is 0 Å². The maximum absolute atomic E-state index is 12.7. The summed E-state index contributed by atoms with van der Waals surface area (Å²) in [5.41, 5.74) is 6.05. The van der Waals surface area contributed by atoms with Crippen LogP contribution in [0.1, 0.15) is 29.2 Å². The van der Waals surface area contributed by atoms with Gasteiger partial charge in [-0.3, -0.25) is 0 Å². The minimum atomic E-state index is -3.61. The molecule has 5 rings (SSSR count). The second kappa shape index (κ2) is 9.03. The molecule has 7 nitrogen and oxygen atoms in total. The molecule has 35 heavy (non-hydrogen) atoms. The van der Waals surface area contributed by atoms with Gasteiger partial charge < -0.3 is 4.74 Å². The van der Waals surface area contributed by atoms with E-state index < -0.39 is 16.1 Å². The molecule has 0 fully saturated rings. The minimum absolute atomic E-state index is 0.416. The van der Waals surface area contributed by atoms with E-state index in [1.54, 1.807) is 7.11 Å². The fourth-order valence-electron chi connectivity index (χ4n) is 4.28. The second-order valence-corrected chi connectivity index (χ2v) is 10.5. The Morgan fingerprint density at radius 2 is 1.71 bits per heavy atom. The molecule has 0 saturated carbocycles. The molecule has 0 unspecified atom stereocenters. The first kappa shape index (κ1) is 22.9. The number of para-hydroxylation sites is 1. The molecule has 0 spiro atoms. The van der Waals surface area contributed by atoms with E-state index in [1.807, 2.05) is 96.7 Å². The molecular weight excluding hydrogens is 460 g/mol. The zero-order valence-corrected chi connectivity index (χ0v) is 20.6. The van der Waals surface area contributed by atoms with E-state index in [0.717, 1.165) is 33.6 Å². The molecule has 4 aromatic rings. The Morgan fingerprint density at radius 3 is 2.40 bits per heavy atom. The monoisotopic (exact) mass is 486 g/mol. The molecule has 178 valence electrons. The third kappa shape index (κ3) is 4.57. The van der Waals surface area contributed by atoms with Gasteiger partial charge >= 0.3 is 0 Å². The zero-order valence-electron chi connectivity index (χ0n) is 19.8. The quantitative estimate of drug-likeness (QED) is 0.386. The molecule has 0 radical (unpaired) electrons. The van der Waals surface area contributed by atoms with Crippen LogP contribution in [0.25, 0.3) is 16.9 Å². The number of hydrogen-bond acceptors (Lipinski definition) is 5. The number of nitrogens with zero attached hydrogens (tertiary/aromatic N) is 4. The summed E-state index contributed by atoms with van der Waals surface area (Å²) in [7, 11) is -2.02. The van der Waals surface area contributed by atoms with Gasteiger partial charge in [0.05, 0.1) is 30.8 Å². The fraction of sp³-hybridized carbons (Fsp3) is 0.185. The van der Waals surface area contributed by atoms with Crippen LogP contribution in [-0.2, 0) is 10.0 Å². The minimum Gasteiger partial charge on any atom is -0.497 e. The number of ether oxygens (including phenoxy) is 1. The Bertz CT molecular complexity index is 1490. The topological polar surface area (TPSA) is 76.8 Å². The molecule has 1 atom stereocenters. The van der Waals surface area contributed by atoms with E-state index in [1.165, 1.54) is 10.7 Å². The van der Waals surface area contributed by atoms with Gasteiger partial charge in [-0.15, -0.1) is 0 Å². The number of aryl methyl sites for hydroxylation is 1. The Hall–Kier alpha value is -3.91. The van der Waals surface area contributed by atoms with E-state index >= 15 is 0 Å². The standard InChI is InChI=1S/C27H26N4O3S/c1-19-12-14-20(15-13-19)27-24(18-30(29-27)22-9-5-4-6-10-22)25-17-26(31(28-25)35(3,32)33)21-8-7-11-23(16-21)34-2/h4-16,18,26H,17H2,1-3H3/t26-/m0/s1. The largest absolute Gasteiger partial charge is 0.497 e. The first-order chi connectivity index (χ1) is 16.8. The summed E-state index contributed by atoms with van der Waals surface area (Å²) >= 11 is 0. The van der Waals surface area contributed by atoms with E-state index in [2.05, 4.69) is 5.10 Å². The summed E-state index contributed by atoms with van der Waals surface area (Å²) < 4.78 is 33.9. The number of hydrazone groups is 1. The number of sulfonamides is 1. The van der Waals surface area contributed by atoms with Gasteiger partial charge in [-0.1, -0.05) is 60.2 Å². The van der Waals surface area contributed by atoms with Gasteiger partial charge in [-0.05, 0) is 36.8 Å². The lowest BCUT2D eigenvalue weighted by atomic mass is 9.97. The number of rotatable bonds is 6. The number of methoxy groups -OCH3 is 1. The lowest BCUT2D eigenvalue weighted by Gasteiger charge is -2.21. The molecule has 3 aromatic carbocycles. The van der Waals surface area contributed by atoms with Crippen molar-refractivity contribution in [2.24, 2.45) is 5.10 Å². The third-order valence-electron chi connectivity index (χ3n) is 6.06. The highest BCUT2D eigenvalue weighted by Crippen LogP contribution is 2.38. The molecule has 1 aromatic heterocycles. The van der Waals surface area contributed by atoms with Crippen LogP contribution in [-0.4, -0.2) is 41.7 Å². The number of benzene rings is 3. The van der Waals surface area contributed by atoms with Gasteiger partial charge in [0, 0.05) is 23.7 Å². The lowest BCUT2D eigenvalue weighted by Crippen LogP contribution is -2.25. The Kier molecular flexibility index (Phi) is 5.90. The average Bonchev–Trinajstić information content (AvgIpc) is 3.50. The fourth-order valence-corrected chi connectivity index (χ4v) is 5.18. The molecule has 0 N–H and O–H groups in total. The Balaban J connectivity index is 1.63. The van der Waals surface area contributed by atoms with Crippen LogP contribution in [0.4, 0.5) is 0 Å². The van der Waals surface area contributed by atoms with E-state index in [4.69, 9.17) is 9.84 Å². The first-order valence-corrected chi connectivity index (χ1v) is 13.1. The van der Waals surface area contributed by atoms with Crippen LogP contribution < -0.4 is 4.74 Å². The normalized spacial score (nSPS) is 15.8. The van der Waals surface area contributed by atoms with Crippen molar-refractivity contribution in [1.29, 1.82) is 0 Å². The van der Waals surface area contributed by atoms with Crippen molar-refractivity contribution in [1.82, 2.24) is 14.2 Å². The Labute approximate surface area is 205 Å². The Morgan fingerprint density at radius 1 is 0.971 bits per heavy atom. The summed E-state index contributed by atoms with van der Waals surface area (Å²) in [6, 6.07) is 25.0. The third-order valence-corrected chi connectivity index (χ3v) is 7.08. The summed E-state index contributed by atoms with van der Waals surface area (Å²) in [5.74, 6) is 0.668. The van der Waals surface area contributed by atoms with Crippen molar-refractivity contribution in [2.75, 3.05) is 13.4 Å². The molecule has 0 bridgehead atoms. The average molecular weight is 487 g/mol. The van der Waals surface area contributed by atoms with E-state index in [0.29, 0.717) is 17.9 Å². The van der Waals surface area contributed by atoms with Crippen LogP contribution in [0.5, 0.6) is 5.75 Å². The van der Waals surface area contributed by atoms with Gasteiger partial charge in [0.2, 0.25) is 10.0 Å². The van der Waals surface area contributed by atoms with Crippen LogP contribution in [0.15, 0.2) is 90.2 Å². The highest BCUT2D eigenvalue weighted by Gasteiger charge is 2.36. The first-order valence-electron chi connectivity index (χ1n) is 11.3. The predicted molar refractivity (Wildman–Crippen MR) is 137 cm³/mol. The molecule has 8 heteroatoms.